The summed E-state index contributed by atoms with van der Waals surface area (Å²) in [4.78, 5) is 0. The molecule has 0 amide bonds. The summed E-state index contributed by atoms with van der Waals surface area (Å²) in [6.45, 7) is 0. The van der Waals surface area contributed by atoms with Crippen LogP contribution in [0.4, 0.5) is 0 Å². The molecule has 0 aliphatic heterocycles. The third kappa shape index (κ3) is 4.16. The van der Waals surface area contributed by atoms with Gasteiger partial charge >= 0.3 is 0 Å². The first-order valence-corrected chi connectivity index (χ1v) is 15.2. The van der Waals surface area contributed by atoms with Crippen LogP contribution in [-0.4, -0.2) is 0 Å². The largest absolute Gasteiger partial charge is 0.455 e. The summed E-state index contributed by atoms with van der Waals surface area (Å²) in [6, 6.07) is -29.1. The molecule has 10 aromatic carbocycles. The average Bonchev–Trinajstić information content (AvgIpc) is 4.05. The second-order valence-corrected chi connectivity index (χ2v) is 11.3. The van der Waals surface area contributed by atoms with Gasteiger partial charge in [-0.1, -0.05) is 157 Å². The minimum absolute atomic E-state index is 0.493. The highest BCUT2D eigenvalue weighted by atomic mass is 16.3. The molecule has 0 aliphatic rings. The number of rotatable bonds is 3. The maximum atomic E-state index is 10.4. The van der Waals surface area contributed by atoms with Crippen LogP contribution in [0.25, 0.3) is 109 Å². The van der Waals surface area contributed by atoms with Crippen LogP contribution in [0.1, 0.15) is 41.1 Å². The van der Waals surface area contributed by atoms with Crippen LogP contribution in [0.15, 0.2) is 186 Å². The molecule has 1 aromatic heterocycles. The molecular formula is C50H30O. The molecule has 0 fully saturated rings. The Balaban J connectivity index is 1.50. The van der Waals surface area contributed by atoms with Gasteiger partial charge in [-0.05, 0) is 106 Å². The van der Waals surface area contributed by atoms with E-state index in [0.717, 1.165) is 0 Å². The van der Waals surface area contributed by atoms with Gasteiger partial charge in [-0.2, -0.15) is 0 Å². The molecule has 0 spiro atoms. The van der Waals surface area contributed by atoms with Crippen LogP contribution in [-0.2, 0) is 0 Å². The third-order valence-corrected chi connectivity index (χ3v) is 8.62. The summed E-state index contributed by atoms with van der Waals surface area (Å²) in [5.41, 5.74) is -6.24. The maximum Gasteiger partial charge on any atom is 0.143 e. The van der Waals surface area contributed by atoms with Crippen molar-refractivity contribution in [1.82, 2.24) is 0 Å². The van der Waals surface area contributed by atoms with Gasteiger partial charge in [0.05, 0.1) is 41.1 Å². The number of fused-ring (bicyclic) bond motifs is 9. The Hall–Kier alpha value is -6.70. The van der Waals surface area contributed by atoms with E-state index in [2.05, 4.69) is 0 Å². The van der Waals surface area contributed by atoms with Crippen LogP contribution in [0.2, 0.25) is 0 Å². The Morgan fingerprint density at radius 2 is 0.843 bits per heavy atom. The first kappa shape index (κ1) is 11.7. The molecule has 0 atom stereocenters. The first-order valence-electron chi connectivity index (χ1n) is 30.2. The molecule has 51 heavy (non-hydrogen) atoms. The van der Waals surface area contributed by atoms with Crippen molar-refractivity contribution in [1.29, 1.82) is 0 Å². The molecule has 1 nitrogen and oxygen atoms in total. The SMILES string of the molecule is [2H]c1c([2H])c(-c2c([2H])c(-c3c4c([2H])c([2H])c([2H])c([2H])c4c(-c4c([2H])c([2H])c([2H])c5c([2H])c([2H])c([2H])c([2H])c45)c4c([2H])c([2H])c([2H])c([2H])c34)c([2H])c3c([2H])c([2H])c([2H])c([2H])c23)c2c(oc3c4c([2H])c([2H])c([2H])c([2H])c4c([2H])c([2H])c32)c1[2H]. The van der Waals surface area contributed by atoms with Gasteiger partial charge < -0.3 is 4.42 Å². The van der Waals surface area contributed by atoms with E-state index in [9.17, 15) is 15.1 Å². The van der Waals surface area contributed by atoms with Gasteiger partial charge in [0.25, 0.3) is 0 Å². The molecule has 0 bridgehead atoms. The fraction of sp³-hybridized carbons (Fsp3) is 0. The lowest BCUT2D eigenvalue weighted by Crippen LogP contribution is -1.92. The Morgan fingerprint density at radius 3 is 1.55 bits per heavy atom. The molecule has 0 unspecified atom stereocenters. The Kier molecular flexibility index (Phi) is 2.50. The van der Waals surface area contributed by atoms with Gasteiger partial charge in [-0.3, -0.25) is 0 Å². The van der Waals surface area contributed by atoms with Crippen molar-refractivity contribution in [3.63, 3.8) is 0 Å². The van der Waals surface area contributed by atoms with Crippen molar-refractivity contribution in [3.05, 3.63) is 181 Å². The van der Waals surface area contributed by atoms with E-state index < -0.39 is 290 Å². The topological polar surface area (TPSA) is 13.1 Å². The first-order chi connectivity index (χ1) is 37.8. The Labute approximate surface area is 336 Å². The van der Waals surface area contributed by atoms with Crippen molar-refractivity contribution >= 4 is 75.8 Å². The Morgan fingerprint density at radius 1 is 0.333 bits per heavy atom. The number of furan rings is 1. The minimum Gasteiger partial charge on any atom is -0.455 e. The van der Waals surface area contributed by atoms with Gasteiger partial charge in [0.15, 0.2) is 0 Å². The van der Waals surface area contributed by atoms with E-state index >= 15 is 0 Å². The van der Waals surface area contributed by atoms with Gasteiger partial charge in [0.1, 0.15) is 11.2 Å². The lowest BCUT2D eigenvalue weighted by atomic mass is 9.83. The maximum absolute atomic E-state index is 10.4. The quantitative estimate of drug-likeness (QED) is 0.170. The average molecular weight is 677 g/mol. The molecular weight excluding hydrogens is 617 g/mol. The van der Waals surface area contributed by atoms with Crippen LogP contribution in [0.5, 0.6) is 0 Å². The summed E-state index contributed by atoms with van der Waals surface area (Å²) >= 11 is 0. The monoisotopic (exact) mass is 676 g/mol. The van der Waals surface area contributed by atoms with Crippen molar-refractivity contribution in [2.24, 2.45) is 0 Å². The molecule has 1 heteroatoms. The molecule has 236 valence electrons. The van der Waals surface area contributed by atoms with E-state index in [-0.39, 0.29) is 0 Å². The fourth-order valence-corrected chi connectivity index (χ4v) is 6.53. The number of hydrogen-bond donors (Lipinski definition) is 0. The van der Waals surface area contributed by atoms with E-state index in [1.807, 2.05) is 0 Å². The van der Waals surface area contributed by atoms with E-state index in [4.69, 9.17) is 30.5 Å². The molecule has 1 heterocycles. The summed E-state index contributed by atoms with van der Waals surface area (Å²) in [6.07, 6.45) is 0. The molecule has 0 N–H and O–H groups in total. The Bertz CT molecular complexity index is 4840. The lowest BCUT2D eigenvalue weighted by Gasteiger charge is -2.20. The van der Waals surface area contributed by atoms with Crippen LogP contribution < -0.4 is 0 Å². The number of hydrogen-bond acceptors (Lipinski definition) is 1. The fourth-order valence-electron chi connectivity index (χ4n) is 6.53. The molecule has 11 aromatic rings. The molecule has 0 saturated heterocycles. The van der Waals surface area contributed by atoms with E-state index in [1.165, 1.54) is 0 Å². The normalized spacial score (nSPS) is 20.2. The standard InChI is InChI=1S/C50H30O/c1-4-17-35-31(13-1)16-11-24-38(35)48-41-22-9-7-20-39(41)47(40-21-8-10-23-42(40)48)34-29-33-15-3-5-18-36(33)45(30-34)43-25-12-26-46-49(43)44-28-27-32-14-2-6-19-37(32)50(44)51-46/h1-30H/i1D,2D,3D,4D,5D,6D,7D,8D,9D,10D,11D,12D,13D,14D,15D,16D,17D,18D,19D,20D,21D,22D,23D,24D,25D,26D,27D,28D,29D,30D. The smallest absolute Gasteiger partial charge is 0.143 e. The van der Waals surface area contributed by atoms with Crippen molar-refractivity contribution < 1.29 is 45.5 Å². The molecule has 0 saturated carbocycles. The predicted octanol–water partition coefficient (Wildman–Crippen LogP) is 14.4. The van der Waals surface area contributed by atoms with Crippen LogP contribution in [0.3, 0.4) is 0 Å². The van der Waals surface area contributed by atoms with Crippen LogP contribution >= 0.6 is 0 Å². The van der Waals surface area contributed by atoms with Gasteiger partial charge in [-0.25, -0.2) is 0 Å². The highest BCUT2D eigenvalue weighted by Crippen LogP contribution is 2.48. The summed E-state index contributed by atoms with van der Waals surface area (Å²) in [7, 11) is 0. The third-order valence-electron chi connectivity index (χ3n) is 8.62. The zero-order chi connectivity index (χ0) is 59.6. The summed E-state index contributed by atoms with van der Waals surface area (Å²) in [5, 5.41) is -8.37. The van der Waals surface area contributed by atoms with Gasteiger partial charge in [0.2, 0.25) is 0 Å². The molecule has 0 aliphatic carbocycles. The van der Waals surface area contributed by atoms with Crippen molar-refractivity contribution in [2.45, 2.75) is 0 Å². The van der Waals surface area contributed by atoms with E-state index in [1.54, 1.807) is 0 Å². The second kappa shape index (κ2) is 10.9. The minimum atomic E-state index is -1.14. The highest BCUT2D eigenvalue weighted by molar-refractivity contribution is 6.25. The zero-order valence-corrected chi connectivity index (χ0v) is 25.4. The number of benzene rings is 10. The zero-order valence-electron chi connectivity index (χ0n) is 55.4. The van der Waals surface area contributed by atoms with E-state index in [0.29, 0.717) is 0 Å². The van der Waals surface area contributed by atoms with Crippen molar-refractivity contribution in [2.75, 3.05) is 0 Å². The molecule has 11 rings (SSSR count). The lowest BCUT2D eigenvalue weighted by molar-refractivity contribution is 0.673. The predicted molar refractivity (Wildman–Crippen MR) is 218 cm³/mol. The van der Waals surface area contributed by atoms with Crippen molar-refractivity contribution in [3.8, 4) is 33.4 Å². The second-order valence-electron chi connectivity index (χ2n) is 11.3. The molecule has 0 radical (unpaired) electrons. The summed E-state index contributed by atoms with van der Waals surface area (Å²) in [5.74, 6) is 0. The summed E-state index contributed by atoms with van der Waals surface area (Å²) < 4.78 is 281. The highest BCUT2D eigenvalue weighted by Gasteiger charge is 2.21. The van der Waals surface area contributed by atoms with Gasteiger partial charge in [0, 0.05) is 16.2 Å². The van der Waals surface area contributed by atoms with Crippen LogP contribution in [0, 0.1) is 0 Å². The van der Waals surface area contributed by atoms with Gasteiger partial charge in [-0.15, -0.1) is 0 Å².